The SMILES string of the molecule is CCN(CC)S(=O)(=O)Nc1cc(C(=O)O)cc(C(=O)O)c1. The fourth-order valence-electron chi connectivity index (χ4n) is 1.71. The van der Waals surface area contributed by atoms with Gasteiger partial charge in [0.15, 0.2) is 0 Å². The summed E-state index contributed by atoms with van der Waals surface area (Å²) in [4.78, 5) is 21.9. The van der Waals surface area contributed by atoms with Gasteiger partial charge in [0.1, 0.15) is 0 Å². The number of carboxylic acid groups (broad SMARTS) is 2. The second kappa shape index (κ2) is 6.55. The molecule has 0 aromatic heterocycles. The summed E-state index contributed by atoms with van der Waals surface area (Å²) in [7, 11) is -3.86. The molecule has 116 valence electrons. The first-order valence-corrected chi connectivity index (χ1v) is 7.54. The summed E-state index contributed by atoms with van der Waals surface area (Å²) >= 11 is 0. The van der Waals surface area contributed by atoms with Crippen LogP contribution >= 0.6 is 0 Å². The van der Waals surface area contributed by atoms with Crippen LogP contribution in [0, 0.1) is 0 Å². The third-order valence-electron chi connectivity index (χ3n) is 2.72. The van der Waals surface area contributed by atoms with E-state index in [-0.39, 0.29) is 29.9 Å². The van der Waals surface area contributed by atoms with E-state index in [1.165, 1.54) is 0 Å². The molecule has 0 aliphatic heterocycles. The first-order valence-electron chi connectivity index (χ1n) is 6.10. The Morgan fingerprint density at radius 3 is 1.81 bits per heavy atom. The van der Waals surface area contributed by atoms with Crippen molar-refractivity contribution in [3.05, 3.63) is 29.3 Å². The lowest BCUT2D eigenvalue weighted by atomic mass is 10.1. The monoisotopic (exact) mass is 316 g/mol. The Morgan fingerprint density at radius 1 is 1.05 bits per heavy atom. The van der Waals surface area contributed by atoms with Crippen molar-refractivity contribution >= 4 is 27.8 Å². The third kappa shape index (κ3) is 4.17. The highest BCUT2D eigenvalue weighted by Crippen LogP contribution is 2.18. The molecule has 0 spiro atoms. The van der Waals surface area contributed by atoms with Gasteiger partial charge in [0, 0.05) is 13.1 Å². The highest BCUT2D eigenvalue weighted by molar-refractivity contribution is 7.90. The Labute approximate surface area is 122 Å². The molecule has 3 N–H and O–H groups in total. The number of carbonyl (C=O) groups is 2. The molecular formula is C12H16N2O6S. The highest BCUT2D eigenvalue weighted by atomic mass is 32.2. The maximum absolute atomic E-state index is 12.0. The van der Waals surface area contributed by atoms with E-state index in [1.807, 2.05) is 0 Å². The molecule has 0 saturated heterocycles. The van der Waals surface area contributed by atoms with Gasteiger partial charge in [-0.25, -0.2) is 9.59 Å². The minimum absolute atomic E-state index is 0.112. The number of nitrogens with one attached hydrogen (secondary N) is 1. The van der Waals surface area contributed by atoms with E-state index < -0.39 is 22.1 Å². The van der Waals surface area contributed by atoms with Crippen LogP contribution < -0.4 is 4.72 Å². The van der Waals surface area contributed by atoms with E-state index in [4.69, 9.17) is 10.2 Å². The maximum atomic E-state index is 12.0. The zero-order valence-electron chi connectivity index (χ0n) is 11.5. The molecule has 9 heteroatoms. The van der Waals surface area contributed by atoms with Gasteiger partial charge < -0.3 is 10.2 Å². The van der Waals surface area contributed by atoms with Gasteiger partial charge in [-0.3, -0.25) is 4.72 Å². The molecule has 8 nitrogen and oxygen atoms in total. The average molecular weight is 316 g/mol. The van der Waals surface area contributed by atoms with Crippen molar-refractivity contribution in [1.29, 1.82) is 0 Å². The maximum Gasteiger partial charge on any atom is 0.335 e. The van der Waals surface area contributed by atoms with Crippen molar-refractivity contribution in [2.24, 2.45) is 0 Å². The minimum atomic E-state index is -3.86. The zero-order chi connectivity index (χ0) is 16.2. The van der Waals surface area contributed by atoms with Gasteiger partial charge in [-0.15, -0.1) is 0 Å². The van der Waals surface area contributed by atoms with Crippen molar-refractivity contribution < 1.29 is 28.2 Å². The lowest BCUT2D eigenvalue weighted by molar-refractivity contribution is 0.0696. The molecule has 0 aliphatic rings. The predicted octanol–water partition coefficient (Wildman–Crippen LogP) is 1.08. The number of hydrogen-bond acceptors (Lipinski definition) is 4. The molecule has 0 aliphatic carbocycles. The number of nitrogens with zero attached hydrogens (tertiary/aromatic N) is 1. The Balaban J connectivity index is 3.25. The first kappa shape index (κ1) is 16.9. The fraction of sp³-hybridized carbons (Fsp3) is 0.333. The van der Waals surface area contributed by atoms with Crippen LogP contribution in [0.5, 0.6) is 0 Å². The summed E-state index contributed by atoms with van der Waals surface area (Å²) in [6, 6.07) is 3.09. The standard InChI is InChI=1S/C12H16N2O6S/c1-3-14(4-2)21(19,20)13-10-6-8(11(15)16)5-9(7-10)12(17)18/h5-7,13H,3-4H2,1-2H3,(H,15,16)(H,17,18). The van der Waals surface area contributed by atoms with E-state index in [0.717, 1.165) is 22.5 Å². The smallest absolute Gasteiger partial charge is 0.335 e. The molecule has 21 heavy (non-hydrogen) atoms. The molecule has 0 amide bonds. The molecule has 0 fully saturated rings. The Hall–Kier alpha value is -2.13. The van der Waals surface area contributed by atoms with Crippen molar-refractivity contribution in [2.45, 2.75) is 13.8 Å². The molecule has 1 aromatic carbocycles. The van der Waals surface area contributed by atoms with Crippen molar-refractivity contribution in [3.63, 3.8) is 0 Å². The van der Waals surface area contributed by atoms with Gasteiger partial charge in [-0.1, -0.05) is 13.8 Å². The van der Waals surface area contributed by atoms with Crippen LogP contribution in [0.4, 0.5) is 5.69 Å². The number of carboxylic acids is 2. The van der Waals surface area contributed by atoms with Crippen LogP contribution in [0.2, 0.25) is 0 Å². The highest BCUT2D eigenvalue weighted by Gasteiger charge is 2.20. The van der Waals surface area contributed by atoms with Crippen molar-refractivity contribution in [3.8, 4) is 0 Å². The molecular weight excluding hydrogens is 300 g/mol. The summed E-state index contributed by atoms with van der Waals surface area (Å²) in [5.41, 5.74) is -0.738. The molecule has 1 rings (SSSR count). The third-order valence-corrected chi connectivity index (χ3v) is 4.41. The fourth-order valence-corrected chi connectivity index (χ4v) is 2.94. The minimum Gasteiger partial charge on any atom is -0.478 e. The van der Waals surface area contributed by atoms with Crippen LogP contribution in [0.25, 0.3) is 0 Å². The van der Waals surface area contributed by atoms with Crippen molar-refractivity contribution in [1.82, 2.24) is 4.31 Å². The van der Waals surface area contributed by atoms with Crippen LogP contribution in [-0.2, 0) is 10.2 Å². The van der Waals surface area contributed by atoms with Crippen molar-refractivity contribution in [2.75, 3.05) is 17.8 Å². The van der Waals surface area contributed by atoms with Gasteiger partial charge in [-0.05, 0) is 18.2 Å². The Kier molecular flexibility index (Phi) is 5.28. The summed E-state index contributed by atoms with van der Waals surface area (Å²) < 4.78 is 27.4. The lowest BCUT2D eigenvalue weighted by Gasteiger charge is -2.19. The molecule has 0 unspecified atom stereocenters. The average Bonchev–Trinajstić information content (AvgIpc) is 2.38. The van der Waals surface area contributed by atoms with Crippen LogP contribution in [0.3, 0.4) is 0 Å². The largest absolute Gasteiger partial charge is 0.478 e. The van der Waals surface area contributed by atoms with E-state index in [0.29, 0.717) is 0 Å². The molecule has 1 aromatic rings. The lowest BCUT2D eigenvalue weighted by Crippen LogP contribution is -2.35. The van der Waals surface area contributed by atoms with Gasteiger partial charge in [0.25, 0.3) is 0 Å². The summed E-state index contributed by atoms with van der Waals surface area (Å²) in [5.74, 6) is -2.69. The van der Waals surface area contributed by atoms with E-state index in [1.54, 1.807) is 13.8 Å². The Morgan fingerprint density at radius 2 is 1.48 bits per heavy atom. The van der Waals surface area contributed by atoms with Gasteiger partial charge in [0.05, 0.1) is 16.8 Å². The number of rotatable bonds is 7. The van der Waals surface area contributed by atoms with E-state index in [2.05, 4.69) is 4.72 Å². The van der Waals surface area contributed by atoms with E-state index in [9.17, 15) is 18.0 Å². The molecule has 0 heterocycles. The second-order valence-electron chi connectivity index (χ2n) is 4.10. The predicted molar refractivity (Wildman–Crippen MR) is 75.8 cm³/mol. The van der Waals surface area contributed by atoms with Gasteiger partial charge in [-0.2, -0.15) is 12.7 Å². The zero-order valence-corrected chi connectivity index (χ0v) is 12.3. The molecule has 0 bridgehead atoms. The number of hydrogen-bond donors (Lipinski definition) is 3. The summed E-state index contributed by atoms with van der Waals surface area (Å²) in [6.45, 7) is 3.77. The number of anilines is 1. The number of benzene rings is 1. The normalized spacial score (nSPS) is 11.4. The number of aromatic carboxylic acids is 2. The second-order valence-corrected chi connectivity index (χ2v) is 5.77. The van der Waals surface area contributed by atoms with Gasteiger partial charge >= 0.3 is 22.1 Å². The Bertz CT molecular complexity index is 619. The van der Waals surface area contributed by atoms with Crippen LogP contribution in [-0.4, -0.2) is 48.0 Å². The molecule has 0 saturated carbocycles. The topological polar surface area (TPSA) is 124 Å². The quantitative estimate of drug-likeness (QED) is 0.691. The molecule has 0 atom stereocenters. The van der Waals surface area contributed by atoms with E-state index >= 15 is 0 Å². The molecule has 0 radical (unpaired) electrons. The van der Waals surface area contributed by atoms with Gasteiger partial charge in [0.2, 0.25) is 0 Å². The summed E-state index contributed by atoms with van der Waals surface area (Å²) in [6.07, 6.45) is 0. The first-order chi connectivity index (χ1) is 9.71. The summed E-state index contributed by atoms with van der Waals surface area (Å²) in [5, 5.41) is 17.9. The van der Waals surface area contributed by atoms with Crippen LogP contribution in [0.1, 0.15) is 34.6 Å². The van der Waals surface area contributed by atoms with Crippen LogP contribution in [0.15, 0.2) is 18.2 Å².